The molecule has 3 aromatic rings. The zero-order chi connectivity index (χ0) is 12.4. The van der Waals surface area contributed by atoms with Gasteiger partial charge in [0.1, 0.15) is 12.1 Å². The van der Waals surface area contributed by atoms with Gasteiger partial charge in [0.2, 0.25) is 0 Å². The maximum atomic E-state index is 5.73. The zero-order valence-corrected chi connectivity index (χ0v) is 9.63. The molecule has 2 aromatic heterocycles. The van der Waals surface area contributed by atoms with Gasteiger partial charge in [-0.1, -0.05) is 0 Å². The number of anilines is 2. The first-order chi connectivity index (χ1) is 8.83. The fourth-order valence-electron chi connectivity index (χ4n) is 1.79. The number of rotatable bonds is 3. The van der Waals surface area contributed by atoms with Gasteiger partial charge in [-0.15, -0.1) is 0 Å². The summed E-state index contributed by atoms with van der Waals surface area (Å²) in [5, 5.41) is 4.21. The van der Waals surface area contributed by atoms with Crippen LogP contribution in [0.25, 0.3) is 10.9 Å². The van der Waals surface area contributed by atoms with Crippen LogP contribution in [0.5, 0.6) is 0 Å². The van der Waals surface area contributed by atoms with Gasteiger partial charge in [0.15, 0.2) is 0 Å². The molecular formula is C13H12N4O. The summed E-state index contributed by atoms with van der Waals surface area (Å²) in [6.45, 7) is 0.660. The second-order valence-electron chi connectivity index (χ2n) is 3.98. The van der Waals surface area contributed by atoms with Gasteiger partial charge in [0.05, 0.1) is 18.0 Å². The standard InChI is InChI=1S/C13H12N4O/c14-10-1-2-11-12(5-10)16-8-17-13(11)15-6-9-3-4-18-7-9/h1-5,7-8H,6,14H2,(H,15,16,17). The molecule has 2 heterocycles. The van der Waals surface area contributed by atoms with E-state index in [1.165, 1.54) is 6.33 Å². The number of nitrogens with zero attached hydrogens (tertiary/aromatic N) is 2. The average molecular weight is 240 g/mol. The third-order valence-electron chi connectivity index (χ3n) is 2.70. The monoisotopic (exact) mass is 240 g/mol. The van der Waals surface area contributed by atoms with E-state index >= 15 is 0 Å². The molecule has 0 amide bonds. The van der Waals surface area contributed by atoms with E-state index in [-0.39, 0.29) is 0 Å². The number of hydrogen-bond acceptors (Lipinski definition) is 5. The number of nitrogens with one attached hydrogen (secondary N) is 1. The van der Waals surface area contributed by atoms with Crippen molar-refractivity contribution in [2.24, 2.45) is 0 Å². The summed E-state index contributed by atoms with van der Waals surface area (Å²) in [4.78, 5) is 8.44. The molecule has 3 N–H and O–H groups in total. The lowest BCUT2D eigenvalue weighted by Gasteiger charge is -2.07. The van der Waals surface area contributed by atoms with Gasteiger partial charge >= 0.3 is 0 Å². The zero-order valence-electron chi connectivity index (χ0n) is 9.63. The molecule has 0 saturated carbocycles. The predicted molar refractivity (Wildman–Crippen MR) is 70.0 cm³/mol. The normalized spacial score (nSPS) is 10.7. The van der Waals surface area contributed by atoms with E-state index < -0.39 is 0 Å². The maximum absolute atomic E-state index is 5.73. The van der Waals surface area contributed by atoms with Crippen molar-refractivity contribution >= 4 is 22.4 Å². The van der Waals surface area contributed by atoms with Crippen molar-refractivity contribution in [3.05, 3.63) is 48.7 Å². The molecule has 0 bridgehead atoms. The summed E-state index contributed by atoms with van der Waals surface area (Å²) in [6, 6.07) is 7.51. The van der Waals surface area contributed by atoms with E-state index in [1.54, 1.807) is 12.5 Å². The number of aromatic nitrogens is 2. The molecule has 0 fully saturated rings. The van der Waals surface area contributed by atoms with Crippen LogP contribution in [-0.2, 0) is 6.54 Å². The van der Waals surface area contributed by atoms with Gasteiger partial charge in [0, 0.05) is 23.2 Å². The largest absolute Gasteiger partial charge is 0.472 e. The molecule has 0 radical (unpaired) electrons. The van der Waals surface area contributed by atoms with Crippen LogP contribution in [0.4, 0.5) is 11.5 Å². The minimum absolute atomic E-state index is 0.660. The van der Waals surface area contributed by atoms with Crippen molar-refractivity contribution in [2.45, 2.75) is 6.54 Å². The first-order valence-corrected chi connectivity index (χ1v) is 5.58. The molecule has 0 saturated heterocycles. The number of nitrogen functional groups attached to an aromatic ring is 1. The van der Waals surface area contributed by atoms with E-state index in [1.807, 2.05) is 24.3 Å². The summed E-state index contributed by atoms with van der Waals surface area (Å²) in [6.07, 6.45) is 4.88. The van der Waals surface area contributed by atoms with Gasteiger partial charge in [0.25, 0.3) is 0 Å². The Balaban J connectivity index is 1.92. The highest BCUT2D eigenvalue weighted by Gasteiger charge is 2.03. The molecule has 3 rings (SSSR count). The van der Waals surface area contributed by atoms with Crippen molar-refractivity contribution in [2.75, 3.05) is 11.1 Å². The van der Waals surface area contributed by atoms with Gasteiger partial charge in [-0.05, 0) is 24.3 Å². The van der Waals surface area contributed by atoms with E-state index in [2.05, 4.69) is 15.3 Å². The molecule has 0 atom stereocenters. The number of benzene rings is 1. The summed E-state index contributed by atoms with van der Waals surface area (Å²) in [5.74, 6) is 0.793. The fraction of sp³-hybridized carbons (Fsp3) is 0.0769. The Bertz CT molecular complexity index is 664. The molecule has 5 nitrogen and oxygen atoms in total. The fourth-order valence-corrected chi connectivity index (χ4v) is 1.79. The van der Waals surface area contributed by atoms with Crippen LogP contribution in [0.3, 0.4) is 0 Å². The highest BCUT2D eigenvalue weighted by atomic mass is 16.3. The highest BCUT2D eigenvalue weighted by Crippen LogP contribution is 2.21. The molecule has 0 aliphatic rings. The molecule has 5 heteroatoms. The Morgan fingerprint density at radius 1 is 1.22 bits per heavy atom. The van der Waals surface area contributed by atoms with Crippen LogP contribution in [-0.4, -0.2) is 9.97 Å². The Morgan fingerprint density at radius 2 is 2.17 bits per heavy atom. The Morgan fingerprint density at radius 3 is 3.00 bits per heavy atom. The van der Waals surface area contributed by atoms with Crippen molar-refractivity contribution in [1.29, 1.82) is 0 Å². The Labute approximate surface area is 104 Å². The molecule has 0 spiro atoms. The summed E-state index contributed by atoms with van der Waals surface area (Å²) >= 11 is 0. The number of furan rings is 1. The number of hydrogen-bond donors (Lipinski definition) is 2. The van der Waals surface area contributed by atoms with E-state index in [9.17, 15) is 0 Å². The first kappa shape index (κ1) is 10.6. The summed E-state index contributed by atoms with van der Waals surface area (Å²) in [7, 11) is 0. The maximum Gasteiger partial charge on any atom is 0.137 e. The van der Waals surface area contributed by atoms with E-state index in [0.29, 0.717) is 12.2 Å². The quantitative estimate of drug-likeness (QED) is 0.687. The van der Waals surface area contributed by atoms with Gasteiger partial charge in [-0.3, -0.25) is 0 Å². The minimum Gasteiger partial charge on any atom is -0.472 e. The molecule has 0 aliphatic carbocycles. The lowest BCUT2D eigenvalue weighted by molar-refractivity contribution is 0.564. The second kappa shape index (κ2) is 4.37. The van der Waals surface area contributed by atoms with Crippen LogP contribution in [0.2, 0.25) is 0 Å². The lowest BCUT2D eigenvalue weighted by Crippen LogP contribution is -2.01. The second-order valence-corrected chi connectivity index (χ2v) is 3.98. The summed E-state index contributed by atoms with van der Waals surface area (Å²) < 4.78 is 5.02. The molecule has 0 aliphatic heterocycles. The number of nitrogens with two attached hydrogens (primary N) is 1. The van der Waals surface area contributed by atoms with Crippen LogP contribution >= 0.6 is 0 Å². The van der Waals surface area contributed by atoms with E-state index in [0.717, 1.165) is 22.3 Å². The Hall–Kier alpha value is -2.56. The van der Waals surface area contributed by atoms with Crippen molar-refractivity contribution < 1.29 is 4.42 Å². The minimum atomic E-state index is 0.660. The van der Waals surface area contributed by atoms with Gasteiger partial charge in [-0.25, -0.2) is 9.97 Å². The lowest BCUT2D eigenvalue weighted by atomic mass is 10.2. The van der Waals surface area contributed by atoms with Crippen LogP contribution < -0.4 is 11.1 Å². The van der Waals surface area contributed by atoms with Crippen LogP contribution in [0.15, 0.2) is 47.5 Å². The number of fused-ring (bicyclic) bond motifs is 1. The molecule has 90 valence electrons. The molecular weight excluding hydrogens is 228 g/mol. The predicted octanol–water partition coefficient (Wildman–Crippen LogP) is 2.42. The van der Waals surface area contributed by atoms with Gasteiger partial charge < -0.3 is 15.5 Å². The van der Waals surface area contributed by atoms with E-state index in [4.69, 9.17) is 10.2 Å². The SMILES string of the molecule is Nc1ccc2c(NCc3ccoc3)ncnc2c1. The van der Waals surface area contributed by atoms with Crippen LogP contribution in [0, 0.1) is 0 Å². The average Bonchev–Trinajstić information content (AvgIpc) is 2.89. The smallest absolute Gasteiger partial charge is 0.137 e. The molecule has 18 heavy (non-hydrogen) atoms. The third kappa shape index (κ3) is 1.98. The van der Waals surface area contributed by atoms with Crippen LogP contribution in [0.1, 0.15) is 5.56 Å². The topological polar surface area (TPSA) is 77.0 Å². The van der Waals surface area contributed by atoms with Crippen molar-refractivity contribution in [3.8, 4) is 0 Å². The first-order valence-electron chi connectivity index (χ1n) is 5.58. The molecule has 1 aromatic carbocycles. The third-order valence-corrected chi connectivity index (χ3v) is 2.70. The van der Waals surface area contributed by atoms with Crippen molar-refractivity contribution in [3.63, 3.8) is 0 Å². The van der Waals surface area contributed by atoms with Crippen molar-refractivity contribution in [1.82, 2.24) is 9.97 Å². The highest BCUT2D eigenvalue weighted by molar-refractivity contribution is 5.90. The van der Waals surface area contributed by atoms with Gasteiger partial charge in [-0.2, -0.15) is 0 Å². The molecule has 0 unspecified atom stereocenters. The summed E-state index contributed by atoms with van der Waals surface area (Å²) in [5.41, 5.74) is 8.33. The Kier molecular flexibility index (Phi) is 2.57.